The van der Waals surface area contributed by atoms with E-state index in [-0.39, 0.29) is 18.6 Å². The number of hydrogen-bond donors (Lipinski definition) is 0. The van der Waals surface area contributed by atoms with Crippen LogP contribution in [0.5, 0.6) is 0 Å². The van der Waals surface area contributed by atoms with Crippen molar-refractivity contribution in [3.8, 4) is 0 Å². The predicted molar refractivity (Wildman–Crippen MR) is 86.4 cm³/mol. The van der Waals surface area contributed by atoms with Crippen molar-refractivity contribution in [3.63, 3.8) is 0 Å². The zero-order chi connectivity index (χ0) is 14.6. The van der Waals surface area contributed by atoms with Crippen LogP contribution in [0.2, 0.25) is 0 Å². The van der Waals surface area contributed by atoms with E-state index < -0.39 is 0 Å². The van der Waals surface area contributed by atoms with Crippen molar-refractivity contribution in [3.05, 3.63) is 34.9 Å². The average molecular weight is 301 g/mol. The zero-order valence-electron chi connectivity index (χ0n) is 14.4. The molecule has 0 saturated carbocycles. The summed E-state index contributed by atoms with van der Waals surface area (Å²) in [6.45, 7) is 16.5. The van der Waals surface area contributed by atoms with Crippen LogP contribution in [0.25, 0.3) is 0 Å². The molecular weight excluding hydrogens is 267 g/mol. The van der Waals surface area contributed by atoms with Gasteiger partial charge in [-0.2, -0.15) is 0 Å². The molecule has 0 spiro atoms. The number of benzene rings is 1. The number of fused-ring (bicyclic) bond motifs is 1. The van der Waals surface area contributed by atoms with Crippen molar-refractivity contribution in [2.45, 2.75) is 74.7 Å². The van der Waals surface area contributed by atoms with Crippen LogP contribution in [0.1, 0.15) is 71.6 Å². The third-order valence-electron chi connectivity index (χ3n) is 2.96. The first-order valence-electron chi connectivity index (χ1n) is 7.88. The predicted octanol–water partition coefficient (Wildman–Crippen LogP) is 6.20. The van der Waals surface area contributed by atoms with Crippen LogP contribution < -0.4 is 0 Å². The fraction of sp³-hybridized carbons (Fsp3) is 0.667. The van der Waals surface area contributed by atoms with E-state index in [1.54, 1.807) is 11.1 Å². The molecule has 0 amide bonds. The smallest absolute Gasteiger partial charge is 0 e. The van der Waals surface area contributed by atoms with Gasteiger partial charge in [-0.05, 0) is 36.8 Å². The summed E-state index contributed by atoms with van der Waals surface area (Å²) >= 11 is 0. The standard InChI is InChI=1S/C12H16.3C2H6.V/c1-3-10-7-11-5-4-9(2)6-12(11)8-10;3*1-2;/h4-6,10H,3,7-8H2,1-2H3;3*1-2H3;. The molecule has 1 aliphatic carbocycles. The van der Waals surface area contributed by atoms with Crippen molar-refractivity contribution in [1.82, 2.24) is 0 Å². The minimum absolute atomic E-state index is 0. The Hall–Kier alpha value is -0.196. The quantitative estimate of drug-likeness (QED) is 0.579. The van der Waals surface area contributed by atoms with Gasteiger partial charge >= 0.3 is 0 Å². The fourth-order valence-corrected chi connectivity index (χ4v) is 2.13. The largest absolute Gasteiger partial charge is 0.0683 e. The van der Waals surface area contributed by atoms with Gasteiger partial charge in [0.15, 0.2) is 0 Å². The van der Waals surface area contributed by atoms with E-state index in [1.165, 1.54) is 24.8 Å². The van der Waals surface area contributed by atoms with E-state index in [4.69, 9.17) is 0 Å². The van der Waals surface area contributed by atoms with Crippen LogP contribution >= 0.6 is 0 Å². The fourth-order valence-electron chi connectivity index (χ4n) is 2.13. The third kappa shape index (κ3) is 8.55. The molecule has 0 nitrogen and oxygen atoms in total. The average Bonchev–Trinajstić information content (AvgIpc) is 2.87. The van der Waals surface area contributed by atoms with Crippen molar-refractivity contribution in [2.75, 3.05) is 0 Å². The van der Waals surface area contributed by atoms with Crippen LogP contribution in [-0.4, -0.2) is 0 Å². The van der Waals surface area contributed by atoms with Crippen molar-refractivity contribution in [2.24, 2.45) is 5.92 Å². The van der Waals surface area contributed by atoms with Gasteiger partial charge in [0.25, 0.3) is 0 Å². The van der Waals surface area contributed by atoms with Crippen LogP contribution in [0, 0.1) is 12.8 Å². The molecule has 1 heteroatoms. The van der Waals surface area contributed by atoms with Crippen LogP contribution in [-0.2, 0) is 31.4 Å². The molecule has 0 N–H and O–H groups in total. The summed E-state index contributed by atoms with van der Waals surface area (Å²) in [6, 6.07) is 6.89. The van der Waals surface area contributed by atoms with Crippen LogP contribution in [0.3, 0.4) is 0 Å². The molecule has 19 heavy (non-hydrogen) atoms. The Morgan fingerprint density at radius 3 is 1.84 bits per heavy atom. The molecule has 1 radical (unpaired) electrons. The number of rotatable bonds is 1. The summed E-state index contributed by atoms with van der Waals surface area (Å²) in [5.41, 5.74) is 4.60. The van der Waals surface area contributed by atoms with E-state index in [1.807, 2.05) is 41.5 Å². The normalized spacial score (nSPS) is 14.2. The molecule has 1 aromatic rings. The van der Waals surface area contributed by atoms with E-state index in [0.29, 0.717) is 0 Å². The van der Waals surface area contributed by atoms with E-state index in [0.717, 1.165) is 5.92 Å². The van der Waals surface area contributed by atoms with Gasteiger partial charge in [0.2, 0.25) is 0 Å². The molecule has 111 valence electrons. The Kier molecular flexibility index (Phi) is 19.9. The van der Waals surface area contributed by atoms with E-state index >= 15 is 0 Å². The Morgan fingerprint density at radius 1 is 0.895 bits per heavy atom. The maximum Gasteiger partial charge on any atom is 0 e. The molecule has 1 aromatic carbocycles. The first-order valence-corrected chi connectivity index (χ1v) is 7.88. The van der Waals surface area contributed by atoms with Gasteiger partial charge in [-0.15, -0.1) is 0 Å². The van der Waals surface area contributed by atoms with Crippen molar-refractivity contribution >= 4 is 0 Å². The molecule has 0 bridgehead atoms. The van der Waals surface area contributed by atoms with Gasteiger partial charge in [0.1, 0.15) is 0 Å². The summed E-state index contributed by atoms with van der Waals surface area (Å²) in [4.78, 5) is 0. The summed E-state index contributed by atoms with van der Waals surface area (Å²) in [5, 5.41) is 0. The SMILES string of the molecule is CC.CC.CC.CCC1Cc2ccc(C)cc2C1.[V]. The molecule has 0 aromatic heterocycles. The molecule has 1 unspecified atom stereocenters. The third-order valence-corrected chi connectivity index (χ3v) is 2.96. The Bertz CT molecular complexity index is 292. The second-order valence-electron chi connectivity index (χ2n) is 3.95. The monoisotopic (exact) mass is 301 g/mol. The topological polar surface area (TPSA) is 0 Å². The maximum absolute atomic E-state index is 2.35. The van der Waals surface area contributed by atoms with Crippen LogP contribution in [0.4, 0.5) is 0 Å². The molecule has 0 saturated heterocycles. The van der Waals surface area contributed by atoms with Crippen molar-refractivity contribution < 1.29 is 18.6 Å². The van der Waals surface area contributed by atoms with Crippen LogP contribution in [0.15, 0.2) is 18.2 Å². The summed E-state index contributed by atoms with van der Waals surface area (Å²) in [5.74, 6) is 0.918. The van der Waals surface area contributed by atoms with Gasteiger partial charge in [-0.1, -0.05) is 78.6 Å². The maximum atomic E-state index is 2.35. The number of aryl methyl sites for hydroxylation is 1. The Labute approximate surface area is 134 Å². The molecule has 2 rings (SSSR count). The molecule has 1 atom stereocenters. The molecular formula is C18H34V. The Morgan fingerprint density at radius 2 is 1.37 bits per heavy atom. The molecule has 0 aliphatic heterocycles. The van der Waals surface area contributed by atoms with Crippen molar-refractivity contribution in [1.29, 1.82) is 0 Å². The Balaban J connectivity index is -0.000000325. The van der Waals surface area contributed by atoms with Gasteiger partial charge in [0.05, 0.1) is 0 Å². The second kappa shape index (κ2) is 15.9. The minimum Gasteiger partial charge on any atom is -0.0683 e. The van der Waals surface area contributed by atoms with Gasteiger partial charge < -0.3 is 0 Å². The molecule has 0 fully saturated rings. The van der Waals surface area contributed by atoms with Gasteiger partial charge in [-0.25, -0.2) is 0 Å². The van der Waals surface area contributed by atoms with E-state index in [9.17, 15) is 0 Å². The summed E-state index contributed by atoms with van der Waals surface area (Å²) in [7, 11) is 0. The molecule has 1 aliphatic rings. The van der Waals surface area contributed by atoms with E-state index in [2.05, 4.69) is 32.0 Å². The first-order chi connectivity index (χ1) is 8.79. The number of hydrogen-bond acceptors (Lipinski definition) is 0. The van der Waals surface area contributed by atoms with Gasteiger partial charge in [0, 0.05) is 18.6 Å². The minimum atomic E-state index is 0. The second-order valence-corrected chi connectivity index (χ2v) is 3.95. The summed E-state index contributed by atoms with van der Waals surface area (Å²) < 4.78 is 0. The summed E-state index contributed by atoms with van der Waals surface area (Å²) in [6.07, 6.45) is 3.95. The first kappa shape index (κ1) is 23.9. The molecule has 0 heterocycles. The zero-order valence-corrected chi connectivity index (χ0v) is 15.8. The van der Waals surface area contributed by atoms with Gasteiger partial charge in [-0.3, -0.25) is 0 Å².